The zero-order chi connectivity index (χ0) is 13.0. The molecule has 2 rings (SSSR count). The number of nitrogens with one attached hydrogen (secondary N) is 1. The lowest BCUT2D eigenvalue weighted by Crippen LogP contribution is -2.42. The van der Waals surface area contributed by atoms with Gasteiger partial charge in [-0.1, -0.05) is 6.92 Å². The molecule has 1 heterocycles. The molecule has 3 N–H and O–H groups in total. The van der Waals surface area contributed by atoms with Gasteiger partial charge >= 0.3 is 0 Å². The van der Waals surface area contributed by atoms with E-state index in [1.807, 2.05) is 0 Å². The number of amides is 1. The molecule has 1 amide bonds. The number of ether oxygens (including phenoxy) is 1. The summed E-state index contributed by atoms with van der Waals surface area (Å²) in [6.07, 6.45) is 5.06. The van der Waals surface area contributed by atoms with E-state index in [0.29, 0.717) is 11.8 Å². The third kappa shape index (κ3) is 3.69. The Bertz CT molecular complexity index is 277. The molecule has 2 aliphatic rings. The van der Waals surface area contributed by atoms with Crippen molar-refractivity contribution >= 4 is 5.91 Å². The number of hydrogen-bond acceptors (Lipinski definition) is 3. The standard InChI is InChI=1S/C14H26N2O2/c1-10-2-3-12(8-13(10)15)14(17)16-9-11-4-6-18-7-5-11/h10-13H,2-9,15H2,1H3,(H,16,17). The molecular formula is C14H26N2O2. The van der Waals surface area contributed by atoms with Crippen LogP contribution in [0, 0.1) is 17.8 Å². The molecule has 1 aliphatic heterocycles. The van der Waals surface area contributed by atoms with Crippen LogP contribution < -0.4 is 11.1 Å². The van der Waals surface area contributed by atoms with Gasteiger partial charge in [0, 0.05) is 31.7 Å². The predicted molar refractivity (Wildman–Crippen MR) is 71.0 cm³/mol. The van der Waals surface area contributed by atoms with Gasteiger partial charge in [-0.2, -0.15) is 0 Å². The van der Waals surface area contributed by atoms with Crippen LogP contribution in [0.25, 0.3) is 0 Å². The van der Waals surface area contributed by atoms with Gasteiger partial charge in [0.05, 0.1) is 0 Å². The van der Waals surface area contributed by atoms with Gasteiger partial charge in [-0.3, -0.25) is 4.79 Å². The molecule has 3 atom stereocenters. The highest BCUT2D eigenvalue weighted by molar-refractivity contribution is 5.78. The van der Waals surface area contributed by atoms with Gasteiger partial charge in [-0.05, 0) is 43.9 Å². The van der Waals surface area contributed by atoms with Gasteiger partial charge in [0.15, 0.2) is 0 Å². The van der Waals surface area contributed by atoms with E-state index in [1.165, 1.54) is 0 Å². The molecule has 0 bridgehead atoms. The molecule has 104 valence electrons. The van der Waals surface area contributed by atoms with E-state index in [4.69, 9.17) is 10.5 Å². The average Bonchev–Trinajstić information content (AvgIpc) is 2.40. The van der Waals surface area contributed by atoms with Crippen LogP contribution in [0.15, 0.2) is 0 Å². The lowest BCUT2D eigenvalue weighted by molar-refractivity contribution is -0.126. The highest BCUT2D eigenvalue weighted by Gasteiger charge is 2.29. The summed E-state index contributed by atoms with van der Waals surface area (Å²) in [5.41, 5.74) is 6.05. The molecule has 4 heteroatoms. The molecule has 18 heavy (non-hydrogen) atoms. The summed E-state index contributed by atoms with van der Waals surface area (Å²) >= 11 is 0. The van der Waals surface area contributed by atoms with E-state index in [0.717, 1.165) is 51.9 Å². The van der Waals surface area contributed by atoms with Gasteiger partial charge < -0.3 is 15.8 Å². The van der Waals surface area contributed by atoms with Gasteiger partial charge in [0.2, 0.25) is 5.91 Å². The monoisotopic (exact) mass is 254 g/mol. The Balaban J connectivity index is 1.70. The van der Waals surface area contributed by atoms with E-state index in [1.54, 1.807) is 0 Å². The Morgan fingerprint density at radius 3 is 2.67 bits per heavy atom. The minimum Gasteiger partial charge on any atom is -0.381 e. The Labute approximate surface area is 110 Å². The van der Waals surface area contributed by atoms with Crippen molar-refractivity contribution in [3.8, 4) is 0 Å². The third-order valence-corrected chi connectivity index (χ3v) is 4.53. The number of hydrogen-bond donors (Lipinski definition) is 2. The second-order valence-electron chi connectivity index (χ2n) is 5.95. The van der Waals surface area contributed by atoms with Crippen LogP contribution in [0.4, 0.5) is 0 Å². The first-order valence-electron chi connectivity index (χ1n) is 7.28. The minimum atomic E-state index is 0.135. The Morgan fingerprint density at radius 1 is 1.28 bits per heavy atom. The summed E-state index contributed by atoms with van der Waals surface area (Å²) in [6, 6.07) is 0.192. The van der Waals surface area contributed by atoms with Crippen molar-refractivity contribution in [1.29, 1.82) is 0 Å². The van der Waals surface area contributed by atoms with Crippen LogP contribution >= 0.6 is 0 Å². The van der Waals surface area contributed by atoms with Crippen molar-refractivity contribution in [3.05, 3.63) is 0 Å². The van der Waals surface area contributed by atoms with Crippen LogP contribution in [0.1, 0.15) is 39.0 Å². The maximum absolute atomic E-state index is 12.1. The molecule has 4 nitrogen and oxygen atoms in total. The first kappa shape index (κ1) is 13.8. The molecule has 1 saturated heterocycles. The molecular weight excluding hydrogens is 228 g/mol. The SMILES string of the molecule is CC1CCC(C(=O)NCC2CCOCC2)CC1N. The zero-order valence-corrected chi connectivity index (χ0v) is 11.4. The van der Waals surface area contributed by atoms with Crippen LogP contribution in [0.5, 0.6) is 0 Å². The summed E-state index contributed by atoms with van der Waals surface area (Å²) in [5, 5.41) is 3.11. The topological polar surface area (TPSA) is 64.3 Å². The molecule has 0 aromatic carbocycles. The highest BCUT2D eigenvalue weighted by atomic mass is 16.5. The maximum Gasteiger partial charge on any atom is 0.223 e. The normalized spacial score (nSPS) is 34.2. The summed E-state index contributed by atoms with van der Waals surface area (Å²) < 4.78 is 5.32. The molecule has 1 saturated carbocycles. The number of nitrogens with two attached hydrogens (primary N) is 1. The maximum atomic E-state index is 12.1. The van der Waals surface area contributed by atoms with Crippen molar-refractivity contribution in [1.82, 2.24) is 5.32 Å². The second-order valence-corrected chi connectivity index (χ2v) is 5.95. The lowest BCUT2D eigenvalue weighted by atomic mass is 9.79. The van der Waals surface area contributed by atoms with Crippen molar-refractivity contribution in [2.45, 2.75) is 45.1 Å². The summed E-state index contributed by atoms with van der Waals surface area (Å²) in [6.45, 7) is 4.67. The van der Waals surface area contributed by atoms with E-state index in [9.17, 15) is 4.79 Å². The number of rotatable bonds is 3. The summed E-state index contributed by atoms with van der Waals surface area (Å²) in [7, 11) is 0. The average molecular weight is 254 g/mol. The van der Waals surface area contributed by atoms with Crippen LogP contribution in [0.2, 0.25) is 0 Å². The first-order chi connectivity index (χ1) is 8.66. The minimum absolute atomic E-state index is 0.135. The fourth-order valence-corrected chi connectivity index (χ4v) is 2.93. The zero-order valence-electron chi connectivity index (χ0n) is 11.4. The Hall–Kier alpha value is -0.610. The molecule has 0 spiro atoms. The smallest absolute Gasteiger partial charge is 0.223 e. The molecule has 2 fully saturated rings. The lowest BCUT2D eigenvalue weighted by Gasteiger charge is -2.31. The number of carbonyl (C=O) groups excluding carboxylic acids is 1. The first-order valence-corrected chi connectivity index (χ1v) is 7.28. The Kier molecular flexibility index (Phi) is 5.01. The molecule has 0 aromatic rings. The van der Waals surface area contributed by atoms with Gasteiger partial charge in [0.1, 0.15) is 0 Å². The van der Waals surface area contributed by atoms with Crippen molar-refractivity contribution in [3.63, 3.8) is 0 Å². The van der Waals surface area contributed by atoms with E-state index < -0.39 is 0 Å². The van der Waals surface area contributed by atoms with Crippen molar-refractivity contribution in [2.24, 2.45) is 23.5 Å². The fourth-order valence-electron chi connectivity index (χ4n) is 2.93. The van der Waals surface area contributed by atoms with Crippen LogP contribution in [-0.4, -0.2) is 31.7 Å². The van der Waals surface area contributed by atoms with Crippen molar-refractivity contribution < 1.29 is 9.53 Å². The van der Waals surface area contributed by atoms with Crippen LogP contribution in [-0.2, 0) is 9.53 Å². The van der Waals surface area contributed by atoms with Gasteiger partial charge in [-0.15, -0.1) is 0 Å². The quantitative estimate of drug-likeness (QED) is 0.797. The molecule has 0 aromatic heterocycles. The van der Waals surface area contributed by atoms with Crippen LogP contribution in [0.3, 0.4) is 0 Å². The molecule has 3 unspecified atom stereocenters. The number of carbonyl (C=O) groups is 1. The molecule has 1 aliphatic carbocycles. The summed E-state index contributed by atoms with van der Waals surface area (Å²) in [5.74, 6) is 1.50. The predicted octanol–water partition coefficient (Wildman–Crippen LogP) is 1.29. The van der Waals surface area contributed by atoms with E-state index >= 15 is 0 Å². The van der Waals surface area contributed by atoms with E-state index in [2.05, 4.69) is 12.2 Å². The third-order valence-electron chi connectivity index (χ3n) is 4.53. The van der Waals surface area contributed by atoms with E-state index in [-0.39, 0.29) is 17.9 Å². The largest absolute Gasteiger partial charge is 0.381 e. The molecule has 0 radical (unpaired) electrons. The summed E-state index contributed by atoms with van der Waals surface area (Å²) in [4.78, 5) is 12.1. The second kappa shape index (κ2) is 6.53. The fraction of sp³-hybridized carbons (Fsp3) is 0.929. The van der Waals surface area contributed by atoms with Gasteiger partial charge in [-0.25, -0.2) is 0 Å². The van der Waals surface area contributed by atoms with Gasteiger partial charge in [0.25, 0.3) is 0 Å². The Morgan fingerprint density at radius 2 is 2.00 bits per heavy atom. The van der Waals surface area contributed by atoms with Crippen molar-refractivity contribution in [2.75, 3.05) is 19.8 Å². The highest BCUT2D eigenvalue weighted by Crippen LogP contribution is 2.27.